The molecule has 0 radical (unpaired) electrons. The summed E-state index contributed by atoms with van der Waals surface area (Å²) in [5.74, 6) is 1.12. The fourth-order valence-electron chi connectivity index (χ4n) is 1.92. The van der Waals surface area contributed by atoms with Gasteiger partial charge in [0.05, 0.1) is 5.69 Å². The van der Waals surface area contributed by atoms with E-state index in [1.165, 1.54) is 6.33 Å². The molecular formula is C15H12FN3O2S. The average molecular weight is 317 g/mol. The summed E-state index contributed by atoms with van der Waals surface area (Å²) in [5, 5.41) is 4.09. The van der Waals surface area contributed by atoms with Gasteiger partial charge < -0.3 is 8.92 Å². The van der Waals surface area contributed by atoms with E-state index in [2.05, 4.69) is 14.3 Å². The zero-order valence-corrected chi connectivity index (χ0v) is 12.2. The van der Waals surface area contributed by atoms with Crippen LogP contribution in [-0.2, 0) is 6.61 Å². The molecule has 0 saturated heterocycles. The monoisotopic (exact) mass is 317 g/mol. The van der Waals surface area contributed by atoms with Crippen LogP contribution < -0.4 is 8.92 Å². The van der Waals surface area contributed by atoms with Crippen molar-refractivity contribution >= 4 is 12.4 Å². The first-order valence-corrected chi connectivity index (χ1v) is 7.11. The number of nitrogens with zero attached hydrogens (tertiary/aromatic N) is 3. The third-order valence-electron chi connectivity index (χ3n) is 2.95. The number of hydrogen-bond donors (Lipinski definition) is 0. The smallest absolute Gasteiger partial charge is 0.272 e. The highest BCUT2D eigenvalue weighted by molar-refractivity contribution is 7.89. The molecule has 0 spiro atoms. The molecule has 1 aromatic heterocycles. The molecule has 3 rings (SSSR count). The van der Waals surface area contributed by atoms with Crippen LogP contribution in [0.15, 0.2) is 61.2 Å². The molecule has 0 aliphatic rings. The molecule has 7 heteroatoms. The van der Waals surface area contributed by atoms with Crippen molar-refractivity contribution in [2.45, 2.75) is 6.61 Å². The molecule has 0 bridgehead atoms. The summed E-state index contributed by atoms with van der Waals surface area (Å²) >= 11 is -0.183. The lowest BCUT2D eigenvalue weighted by molar-refractivity contribution is 0.306. The summed E-state index contributed by atoms with van der Waals surface area (Å²) in [5.41, 5.74) is 1.93. The van der Waals surface area contributed by atoms with Gasteiger partial charge in [-0.05, 0) is 42.0 Å². The summed E-state index contributed by atoms with van der Waals surface area (Å²) < 4.78 is 24.0. The van der Waals surface area contributed by atoms with Gasteiger partial charge in [0.25, 0.3) is 12.4 Å². The largest absolute Gasteiger partial charge is 0.489 e. The van der Waals surface area contributed by atoms with E-state index in [4.69, 9.17) is 4.74 Å². The van der Waals surface area contributed by atoms with Gasteiger partial charge >= 0.3 is 0 Å². The highest BCUT2D eigenvalue weighted by atomic mass is 32.2. The first-order valence-electron chi connectivity index (χ1n) is 6.47. The third-order valence-corrected chi connectivity index (χ3v) is 3.21. The van der Waals surface area contributed by atoms with Gasteiger partial charge in [-0.15, -0.1) is 3.89 Å². The Hall–Kier alpha value is -2.54. The van der Waals surface area contributed by atoms with Gasteiger partial charge in [-0.2, -0.15) is 5.10 Å². The summed E-state index contributed by atoms with van der Waals surface area (Å²) in [4.78, 5) is 3.93. The number of rotatable bonds is 6. The first kappa shape index (κ1) is 14.4. The van der Waals surface area contributed by atoms with Crippen molar-refractivity contribution < 1.29 is 12.8 Å². The fraction of sp³-hybridized carbons (Fsp3) is 0.0667. The Morgan fingerprint density at radius 2 is 1.91 bits per heavy atom. The Kier molecular flexibility index (Phi) is 4.55. The Labute approximate surface area is 131 Å². The summed E-state index contributed by atoms with van der Waals surface area (Å²) in [6.07, 6.45) is 3.13. The van der Waals surface area contributed by atoms with Crippen LogP contribution in [0.25, 0.3) is 5.69 Å². The van der Waals surface area contributed by atoms with Crippen LogP contribution in [0.2, 0.25) is 0 Å². The maximum Gasteiger partial charge on any atom is 0.272 e. The van der Waals surface area contributed by atoms with Crippen LogP contribution in [-0.4, -0.2) is 14.8 Å². The van der Waals surface area contributed by atoms with Gasteiger partial charge in [0, 0.05) is 0 Å². The molecule has 2 aromatic carbocycles. The fourth-order valence-corrected chi connectivity index (χ4v) is 2.11. The molecule has 0 amide bonds. The second-order valence-corrected chi connectivity index (χ2v) is 4.71. The zero-order valence-electron chi connectivity index (χ0n) is 11.4. The van der Waals surface area contributed by atoms with E-state index in [-0.39, 0.29) is 12.4 Å². The SMILES string of the molecule is FSOc1ccc(OCc2cccc(-n3cncn3)c2)cc1. The van der Waals surface area contributed by atoms with Crippen molar-refractivity contribution in [2.24, 2.45) is 0 Å². The summed E-state index contributed by atoms with van der Waals surface area (Å²) in [6.45, 7) is 0.417. The summed E-state index contributed by atoms with van der Waals surface area (Å²) in [7, 11) is 0. The van der Waals surface area contributed by atoms with Crippen LogP contribution >= 0.6 is 12.4 Å². The van der Waals surface area contributed by atoms with E-state index >= 15 is 0 Å². The molecule has 1 heterocycles. The van der Waals surface area contributed by atoms with Crippen molar-refractivity contribution in [3.05, 3.63) is 66.7 Å². The van der Waals surface area contributed by atoms with Gasteiger partial charge in [-0.3, -0.25) is 0 Å². The van der Waals surface area contributed by atoms with Crippen molar-refractivity contribution in [3.8, 4) is 17.2 Å². The highest BCUT2D eigenvalue weighted by Gasteiger charge is 2.01. The predicted octanol–water partition coefficient (Wildman–Crippen LogP) is 3.76. The highest BCUT2D eigenvalue weighted by Crippen LogP contribution is 2.22. The Bertz CT molecular complexity index is 720. The van der Waals surface area contributed by atoms with E-state index in [9.17, 15) is 3.89 Å². The Morgan fingerprint density at radius 1 is 1.09 bits per heavy atom. The van der Waals surface area contributed by atoms with Gasteiger partial charge in [0.1, 0.15) is 30.8 Å². The van der Waals surface area contributed by atoms with Gasteiger partial charge in [0.15, 0.2) is 0 Å². The number of ether oxygens (including phenoxy) is 1. The van der Waals surface area contributed by atoms with Crippen LogP contribution in [0.1, 0.15) is 5.56 Å². The van der Waals surface area contributed by atoms with E-state index in [1.807, 2.05) is 24.3 Å². The Morgan fingerprint density at radius 3 is 2.64 bits per heavy atom. The second-order valence-electron chi connectivity index (χ2n) is 4.42. The van der Waals surface area contributed by atoms with Crippen LogP contribution in [0.4, 0.5) is 3.89 Å². The quantitative estimate of drug-likeness (QED) is 0.648. The molecule has 0 aliphatic heterocycles. The maximum atomic E-state index is 12.0. The lowest BCUT2D eigenvalue weighted by atomic mass is 10.2. The van der Waals surface area contributed by atoms with Crippen LogP contribution in [0.5, 0.6) is 11.5 Å². The average Bonchev–Trinajstić information content (AvgIpc) is 3.09. The molecule has 0 fully saturated rings. The minimum Gasteiger partial charge on any atom is -0.489 e. The minimum absolute atomic E-state index is 0.183. The van der Waals surface area contributed by atoms with E-state index in [0.29, 0.717) is 18.1 Å². The first-order chi connectivity index (χ1) is 10.8. The topological polar surface area (TPSA) is 49.2 Å². The summed E-state index contributed by atoms with van der Waals surface area (Å²) in [6, 6.07) is 14.6. The van der Waals surface area contributed by atoms with E-state index < -0.39 is 0 Å². The van der Waals surface area contributed by atoms with Crippen molar-refractivity contribution in [2.75, 3.05) is 0 Å². The molecular weight excluding hydrogens is 305 g/mol. The third kappa shape index (κ3) is 3.56. The van der Waals surface area contributed by atoms with Crippen molar-refractivity contribution in [3.63, 3.8) is 0 Å². The molecule has 5 nitrogen and oxygen atoms in total. The molecule has 0 aliphatic carbocycles. The lowest BCUT2D eigenvalue weighted by Crippen LogP contribution is -1.99. The lowest BCUT2D eigenvalue weighted by Gasteiger charge is -2.08. The standard InChI is InChI=1S/C15H12FN3O2S/c16-22-21-15-6-4-14(5-7-15)20-9-12-2-1-3-13(8-12)19-11-17-10-18-19/h1-8,10-11H,9H2. The minimum atomic E-state index is -0.183. The maximum absolute atomic E-state index is 12.0. The van der Waals surface area contributed by atoms with Gasteiger partial charge in [-0.25, -0.2) is 9.67 Å². The number of hydrogen-bond acceptors (Lipinski definition) is 5. The molecule has 3 aromatic rings. The predicted molar refractivity (Wildman–Crippen MR) is 81.5 cm³/mol. The Balaban J connectivity index is 1.65. The number of benzene rings is 2. The normalized spacial score (nSPS) is 10.4. The van der Waals surface area contributed by atoms with Crippen LogP contribution in [0, 0.1) is 0 Å². The molecule has 0 saturated carbocycles. The van der Waals surface area contributed by atoms with Gasteiger partial charge in [-0.1, -0.05) is 12.1 Å². The molecule has 0 atom stereocenters. The van der Waals surface area contributed by atoms with Crippen molar-refractivity contribution in [1.82, 2.24) is 14.8 Å². The van der Waals surface area contributed by atoms with Gasteiger partial charge in [0.2, 0.25) is 0 Å². The second kappa shape index (κ2) is 6.95. The molecule has 22 heavy (non-hydrogen) atoms. The number of aromatic nitrogens is 3. The van der Waals surface area contributed by atoms with Crippen LogP contribution in [0.3, 0.4) is 0 Å². The molecule has 0 N–H and O–H groups in total. The zero-order chi connectivity index (χ0) is 15.2. The molecule has 112 valence electrons. The van der Waals surface area contributed by atoms with E-state index in [1.54, 1.807) is 35.3 Å². The van der Waals surface area contributed by atoms with Crippen molar-refractivity contribution in [1.29, 1.82) is 0 Å². The number of halogens is 1. The molecule has 0 unspecified atom stereocenters. The van der Waals surface area contributed by atoms with E-state index in [0.717, 1.165) is 11.3 Å².